The Kier molecular flexibility index (Phi) is 3.50. The summed E-state index contributed by atoms with van der Waals surface area (Å²) in [5.74, 6) is 0.0859. The van der Waals surface area contributed by atoms with Crippen LogP contribution in [-0.2, 0) is 0 Å². The minimum Gasteiger partial charge on any atom is -0.324 e. The van der Waals surface area contributed by atoms with Crippen LogP contribution < -0.4 is 5.32 Å². The van der Waals surface area contributed by atoms with E-state index < -0.39 is 11.0 Å². The van der Waals surface area contributed by atoms with Gasteiger partial charge in [-0.05, 0) is 12.1 Å². The molecule has 3 aromatic rings. The van der Waals surface area contributed by atoms with Crippen LogP contribution in [0.1, 0.15) is 17.2 Å². The third-order valence-electron chi connectivity index (χ3n) is 4.00. The highest BCUT2D eigenvalue weighted by molar-refractivity contribution is 5.78. The van der Waals surface area contributed by atoms with Gasteiger partial charge in [0.2, 0.25) is 5.95 Å². The van der Waals surface area contributed by atoms with Crippen molar-refractivity contribution in [2.75, 3.05) is 5.32 Å². The number of hydrogen-bond donors (Lipinski definition) is 1. The third-order valence-corrected chi connectivity index (χ3v) is 4.00. The molecule has 0 saturated heterocycles. The van der Waals surface area contributed by atoms with Crippen molar-refractivity contribution in [2.24, 2.45) is 0 Å². The second-order valence-electron chi connectivity index (χ2n) is 5.51. The lowest BCUT2D eigenvalue weighted by Crippen LogP contribution is -2.21. The number of benzene rings is 2. The first kappa shape index (κ1) is 15.0. The summed E-state index contributed by atoms with van der Waals surface area (Å²) in [6, 6.07) is 12.2. The standard InChI is InChI=1S/C17H12FN5O2/c18-14-7-2-1-6-13(14)16-9-15(21-17-19-10-20-22(16)17)11-4-3-5-12(8-11)23(24)25/h1-10,16H,(H,19,20,21). The number of rotatable bonds is 3. The van der Waals surface area contributed by atoms with E-state index in [1.165, 1.54) is 24.5 Å². The maximum Gasteiger partial charge on any atom is 0.270 e. The molecule has 1 N–H and O–H groups in total. The Morgan fingerprint density at radius 2 is 2.04 bits per heavy atom. The predicted octanol–water partition coefficient (Wildman–Crippen LogP) is 3.38. The highest BCUT2D eigenvalue weighted by Crippen LogP contribution is 2.33. The van der Waals surface area contributed by atoms with Crippen molar-refractivity contribution in [2.45, 2.75) is 6.04 Å². The molecule has 1 aliphatic rings. The van der Waals surface area contributed by atoms with Crippen molar-refractivity contribution < 1.29 is 9.31 Å². The van der Waals surface area contributed by atoms with E-state index in [1.807, 2.05) is 0 Å². The summed E-state index contributed by atoms with van der Waals surface area (Å²) in [5, 5.41) is 18.3. The fraction of sp³-hybridized carbons (Fsp3) is 0.0588. The second-order valence-corrected chi connectivity index (χ2v) is 5.51. The number of nitrogens with one attached hydrogen (secondary N) is 1. The summed E-state index contributed by atoms with van der Waals surface area (Å²) < 4.78 is 15.8. The molecule has 1 atom stereocenters. The lowest BCUT2D eigenvalue weighted by molar-refractivity contribution is -0.384. The maximum absolute atomic E-state index is 14.3. The summed E-state index contributed by atoms with van der Waals surface area (Å²) in [6.07, 6.45) is 3.15. The van der Waals surface area contributed by atoms with Crippen molar-refractivity contribution >= 4 is 17.3 Å². The van der Waals surface area contributed by atoms with E-state index in [0.717, 1.165) is 0 Å². The number of halogens is 1. The molecule has 1 aromatic heterocycles. The molecule has 8 heteroatoms. The summed E-state index contributed by atoms with van der Waals surface area (Å²) in [5.41, 5.74) is 1.65. The minimum absolute atomic E-state index is 0.0188. The van der Waals surface area contributed by atoms with Crippen LogP contribution in [0.5, 0.6) is 0 Å². The van der Waals surface area contributed by atoms with Gasteiger partial charge in [0.25, 0.3) is 5.69 Å². The SMILES string of the molecule is O=[N+]([O-])c1cccc(C2=CC(c3ccccc3F)n3ncnc3N2)c1. The normalized spacial score (nSPS) is 15.9. The van der Waals surface area contributed by atoms with Gasteiger partial charge >= 0.3 is 0 Å². The number of fused-ring (bicyclic) bond motifs is 1. The lowest BCUT2D eigenvalue weighted by Gasteiger charge is -2.24. The van der Waals surface area contributed by atoms with Gasteiger partial charge in [0.15, 0.2) is 0 Å². The zero-order chi connectivity index (χ0) is 17.4. The number of hydrogen-bond acceptors (Lipinski definition) is 5. The van der Waals surface area contributed by atoms with Crippen LogP contribution in [0.3, 0.4) is 0 Å². The number of nitrogens with zero attached hydrogens (tertiary/aromatic N) is 4. The van der Waals surface area contributed by atoms with Gasteiger partial charge in [-0.2, -0.15) is 10.1 Å². The molecule has 25 heavy (non-hydrogen) atoms. The fourth-order valence-corrected chi connectivity index (χ4v) is 2.83. The smallest absolute Gasteiger partial charge is 0.270 e. The third kappa shape index (κ3) is 2.63. The Morgan fingerprint density at radius 1 is 1.20 bits per heavy atom. The number of nitro groups is 1. The largest absolute Gasteiger partial charge is 0.324 e. The topological polar surface area (TPSA) is 85.9 Å². The van der Waals surface area contributed by atoms with E-state index in [4.69, 9.17) is 0 Å². The van der Waals surface area contributed by atoms with E-state index in [9.17, 15) is 14.5 Å². The zero-order valence-electron chi connectivity index (χ0n) is 12.8. The van der Waals surface area contributed by atoms with Crippen LogP contribution >= 0.6 is 0 Å². The van der Waals surface area contributed by atoms with Gasteiger partial charge in [0, 0.05) is 29.0 Å². The molecule has 4 rings (SSSR count). The second kappa shape index (κ2) is 5.82. The summed E-state index contributed by atoms with van der Waals surface area (Å²) in [6.45, 7) is 0. The van der Waals surface area contributed by atoms with Gasteiger partial charge in [-0.25, -0.2) is 9.07 Å². The quantitative estimate of drug-likeness (QED) is 0.585. The van der Waals surface area contributed by atoms with Gasteiger partial charge in [0.1, 0.15) is 18.2 Å². The Balaban J connectivity index is 1.83. The van der Waals surface area contributed by atoms with Crippen molar-refractivity contribution in [3.05, 3.63) is 88.0 Å². The molecule has 2 heterocycles. The van der Waals surface area contributed by atoms with Crippen molar-refractivity contribution in [3.8, 4) is 0 Å². The Morgan fingerprint density at radius 3 is 2.84 bits per heavy atom. The molecule has 1 aliphatic heterocycles. The van der Waals surface area contributed by atoms with E-state index in [1.54, 1.807) is 41.1 Å². The predicted molar refractivity (Wildman–Crippen MR) is 89.3 cm³/mol. The van der Waals surface area contributed by atoms with Gasteiger partial charge < -0.3 is 5.32 Å². The van der Waals surface area contributed by atoms with Crippen LogP contribution in [0.15, 0.2) is 60.9 Å². The maximum atomic E-state index is 14.3. The molecule has 0 amide bonds. The molecule has 0 fully saturated rings. The number of nitro benzene ring substituents is 1. The first-order valence-corrected chi connectivity index (χ1v) is 7.51. The van der Waals surface area contributed by atoms with E-state index >= 15 is 0 Å². The van der Waals surface area contributed by atoms with Crippen LogP contribution in [0, 0.1) is 15.9 Å². The average molecular weight is 337 g/mol. The van der Waals surface area contributed by atoms with Crippen molar-refractivity contribution in [1.29, 1.82) is 0 Å². The number of allylic oxidation sites excluding steroid dienone is 1. The summed E-state index contributed by atoms with van der Waals surface area (Å²) in [4.78, 5) is 14.7. The first-order valence-electron chi connectivity index (χ1n) is 7.51. The molecule has 0 radical (unpaired) electrons. The molecule has 0 saturated carbocycles. The monoisotopic (exact) mass is 337 g/mol. The summed E-state index contributed by atoms with van der Waals surface area (Å²) in [7, 11) is 0. The fourth-order valence-electron chi connectivity index (χ4n) is 2.83. The number of aromatic nitrogens is 3. The molecule has 0 bridgehead atoms. The number of anilines is 1. The van der Waals surface area contributed by atoms with E-state index in [0.29, 0.717) is 22.8 Å². The van der Waals surface area contributed by atoms with Crippen LogP contribution in [-0.4, -0.2) is 19.7 Å². The van der Waals surface area contributed by atoms with Gasteiger partial charge in [-0.1, -0.05) is 30.3 Å². The molecular formula is C17H12FN5O2. The molecule has 1 unspecified atom stereocenters. The van der Waals surface area contributed by atoms with Crippen LogP contribution in [0.4, 0.5) is 16.0 Å². The van der Waals surface area contributed by atoms with Gasteiger partial charge in [-0.15, -0.1) is 0 Å². The Labute approximate surface area is 141 Å². The van der Waals surface area contributed by atoms with Crippen molar-refractivity contribution in [1.82, 2.24) is 14.8 Å². The highest BCUT2D eigenvalue weighted by Gasteiger charge is 2.25. The Bertz CT molecular complexity index is 998. The van der Waals surface area contributed by atoms with E-state index in [2.05, 4.69) is 15.4 Å². The first-order chi connectivity index (χ1) is 12.1. The molecule has 7 nitrogen and oxygen atoms in total. The Hall–Kier alpha value is -3.55. The molecule has 0 spiro atoms. The average Bonchev–Trinajstić information content (AvgIpc) is 3.10. The number of non-ortho nitro benzene ring substituents is 1. The zero-order valence-corrected chi connectivity index (χ0v) is 12.8. The van der Waals surface area contributed by atoms with Crippen molar-refractivity contribution in [3.63, 3.8) is 0 Å². The van der Waals surface area contributed by atoms with Gasteiger partial charge in [0.05, 0.1) is 4.92 Å². The van der Waals surface area contributed by atoms with Gasteiger partial charge in [-0.3, -0.25) is 10.1 Å². The molecule has 2 aromatic carbocycles. The molecule has 124 valence electrons. The summed E-state index contributed by atoms with van der Waals surface area (Å²) >= 11 is 0. The van der Waals surface area contributed by atoms with E-state index in [-0.39, 0.29) is 11.5 Å². The minimum atomic E-state index is -0.505. The lowest BCUT2D eigenvalue weighted by atomic mass is 10.0. The highest BCUT2D eigenvalue weighted by atomic mass is 19.1. The molecule has 0 aliphatic carbocycles. The molecular weight excluding hydrogens is 325 g/mol. The van der Waals surface area contributed by atoms with Crippen LogP contribution in [0.25, 0.3) is 5.70 Å². The van der Waals surface area contributed by atoms with Crippen LogP contribution in [0.2, 0.25) is 0 Å².